The van der Waals surface area contributed by atoms with E-state index < -0.39 is 0 Å². The molecule has 0 amide bonds. The van der Waals surface area contributed by atoms with Crippen LogP contribution < -0.4 is 0 Å². The molecule has 27 heavy (non-hydrogen) atoms. The smallest absolute Gasteiger partial charge is 0.672 e. The van der Waals surface area contributed by atoms with E-state index in [1.54, 1.807) is 12.7 Å². The first-order valence-corrected chi connectivity index (χ1v) is 8.79. The maximum absolute atomic E-state index is 4.78. The average molecular weight is 416 g/mol. The van der Waals surface area contributed by atoms with Crippen LogP contribution in [0.15, 0.2) is 59.0 Å². The van der Waals surface area contributed by atoms with E-state index >= 15 is 0 Å². The minimum Gasteiger partial charge on any atom is -0.672 e. The van der Waals surface area contributed by atoms with Crippen LogP contribution in [0.4, 0.5) is 0 Å². The summed E-state index contributed by atoms with van der Waals surface area (Å²) in [5.41, 5.74) is 4.92. The zero-order chi connectivity index (χ0) is 18.2. The Kier molecular flexibility index (Phi) is 8.33. The zero-order valence-corrected chi connectivity index (χ0v) is 18.9. The van der Waals surface area contributed by atoms with Crippen molar-refractivity contribution in [1.29, 1.82) is 0 Å². The minimum atomic E-state index is -0.0225. The molecule has 1 atom stereocenters. The van der Waals surface area contributed by atoms with Gasteiger partial charge in [-0.3, -0.25) is 9.98 Å². The van der Waals surface area contributed by atoms with Crippen LogP contribution >= 0.6 is 0 Å². The molecule has 0 spiro atoms. The van der Waals surface area contributed by atoms with Gasteiger partial charge >= 0.3 is 19.5 Å². The number of nitrogens with one attached hydrogen (secondary N) is 2. The summed E-state index contributed by atoms with van der Waals surface area (Å²) in [5.74, 6) is 0. The summed E-state index contributed by atoms with van der Waals surface area (Å²) in [4.78, 5) is 23.6. The van der Waals surface area contributed by atoms with E-state index in [4.69, 9.17) is 5.32 Å². The zero-order valence-electron chi connectivity index (χ0n) is 15.9. The summed E-state index contributed by atoms with van der Waals surface area (Å²) in [7, 11) is 0. The summed E-state index contributed by atoms with van der Waals surface area (Å²) >= 11 is 0. The van der Waals surface area contributed by atoms with Gasteiger partial charge in [-0.2, -0.15) is 0 Å². The molecule has 1 aliphatic heterocycles. The summed E-state index contributed by atoms with van der Waals surface area (Å²) in [6.45, 7) is 5.44. The van der Waals surface area contributed by atoms with E-state index in [0.717, 1.165) is 41.3 Å². The first-order chi connectivity index (χ1) is 12.7. The molecule has 2 aromatic heterocycles. The number of aromatic nitrogens is 4. The molecular formula is C19H24N7Zn+. The summed E-state index contributed by atoms with van der Waals surface area (Å²) in [5, 5.41) is 4.78. The van der Waals surface area contributed by atoms with Gasteiger partial charge < -0.3 is 15.3 Å². The maximum Gasteiger partial charge on any atom is 2.00 e. The van der Waals surface area contributed by atoms with Crippen molar-refractivity contribution in [3.63, 3.8) is 0 Å². The molecule has 0 aromatic carbocycles. The summed E-state index contributed by atoms with van der Waals surface area (Å²) in [6, 6.07) is -0.0225. The molecule has 0 saturated carbocycles. The summed E-state index contributed by atoms with van der Waals surface area (Å²) < 4.78 is 0. The first-order valence-electron chi connectivity index (χ1n) is 8.79. The van der Waals surface area contributed by atoms with Crippen LogP contribution in [0.25, 0.3) is 5.32 Å². The van der Waals surface area contributed by atoms with Crippen molar-refractivity contribution < 1.29 is 19.5 Å². The molecule has 0 fully saturated rings. The van der Waals surface area contributed by atoms with Crippen molar-refractivity contribution in [1.82, 2.24) is 19.9 Å². The molecule has 1 aliphatic rings. The number of hydrogen-bond donors (Lipinski definition) is 2. The van der Waals surface area contributed by atoms with Crippen molar-refractivity contribution in [3.8, 4) is 0 Å². The molecule has 1 unspecified atom stereocenters. The Hall–Kier alpha value is -2.34. The van der Waals surface area contributed by atoms with Crippen molar-refractivity contribution in [2.75, 3.05) is 13.1 Å². The molecule has 2 N–H and O–H groups in total. The second kappa shape index (κ2) is 10.7. The average Bonchev–Trinajstić information content (AvgIpc) is 3.35. The standard InChI is InChI=1S/C19H24N7.Zn/c1-14(22-8-6-16-10-20-12-24-16)18-4-3-5-19(26-18)15(2)23-9-7-17-11-21-13-25-17;/h3-5,10-13,18H,6-9H2,1-2H3,(H,20,24)(H,21,25);/q-1;+2. The van der Waals surface area contributed by atoms with Gasteiger partial charge in [-0.25, -0.2) is 9.97 Å². The molecule has 136 valence electrons. The fraction of sp³-hybridized carbons (Fsp3) is 0.368. The van der Waals surface area contributed by atoms with E-state index in [0.29, 0.717) is 13.1 Å². The van der Waals surface area contributed by atoms with Crippen LogP contribution in [-0.4, -0.2) is 50.5 Å². The molecule has 7 nitrogen and oxygen atoms in total. The molecule has 0 aliphatic carbocycles. The number of imidazole rings is 2. The quantitative estimate of drug-likeness (QED) is 0.512. The van der Waals surface area contributed by atoms with Gasteiger partial charge in [0.15, 0.2) is 0 Å². The second-order valence-electron chi connectivity index (χ2n) is 6.12. The van der Waals surface area contributed by atoms with Crippen LogP contribution in [0.1, 0.15) is 25.2 Å². The summed E-state index contributed by atoms with van der Waals surface area (Å²) in [6.07, 6.45) is 14.9. The van der Waals surface area contributed by atoms with Gasteiger partial charge in [0.05, 0.1) is 24.0 Å². The third kappa shape index (κ3) is 6.40. The second-order valence-corrected chi connectivity index (χ2v) is 6.12. The van der Waals surface area contributed by atoms with E-state index in [1.165, 1.54) is 0 Å². The molecule has 0 saturated heterocycles. The number of allylic oxidation sites excluding steroid dienone is 3. The van der Waals surface area contributed by atoms with Crippen LogP contribution in [0, 0.1) is 0 Å². The monoisotopic (exact) mass is 414 g/mol. The largest absolute Gasteiger partial charge is 2.00 e. The van der Waals surface area contributed by atoms with Gasteiger partial charge in [-0.1, -0.05) is 24.3 Å². The first kappa shape index (κ1) is 21.0. The minimum absolute atomic E-state index is 0. The predicted molar refractivity (Wildman–Crippen MR) is 105 cm³/mol. The number of nitrogens with zero attached hydrogens (tertiary/aromatic N) is 5. The van der Waals surface area contributed by atoms with Crippen molar-refractivity contribution in [2.45, 2.75) is 32.7 Å². The van der Waals surface area contributed by atoms with Crippen LogP contribution in [-0.2, 0) is 32.3 Å². The number of aromatic amines is 2. The SMILES string of the molecule is CC(=NCCc1c[nH]cn1)C1=CC=CC(C(C)=NCCc2c[nH]cn2)[N-]1.[Zn+2]. The number of aliphatic imine (C=N–C) groups is 2. The van der Waals surface area contributed by atoms with Crippen molar-refractivity contribution in [2.24, 2.45) is 9.98 Å². The number of H-pyrrole nitrogens is 2. The Morgan fingerprint density at radius 2 is 1.67 bits per heavy atom. The van der Waals surface area contributed by atoms with Gasteiger partial charge in [0, 0.05) is 44.0 Å². The third-order valence-corrected chi connectivity index (χ3v) is 4.18. The van der Waals surface area contributed by atoms with E-state index in [-0.39, 0.29) is 25.5 Å². The van der Waals surface area contributed by atoms with Gasteiger partial charge in [0.1, 0.15) is 0 Å². The molecule has 8 heteroatoms. The molecule has 3 heterocycles. The van der Waals surface area contributed by atoms with E-state index in [9.17, 15) is 0 Å². The topological polar surface area (TPSA) is 96.2 Å². The maximum atomic E-state index is 4.78. The Morgan fingerprint density at radius 1 is 1.04 bits per heavy atom. The molecule has 3 rings (SSSR count). The molecule has 2 aromatic rings. The number of hydrogen-bond acceptors (Lipinski definition) is 4. The van der Waals surface area contributed by atoms with Gasteiger partial charge in [-0.05, 0) is 19.6 Å². The van der Waals surface area contributed by atoms with Crippen molar-refractivity contribution >= 4 is 11.4 Å². The Labute approximate surface area is 172 Å². The van der Waals surface area contributed by atoms with E-state index in [2.05, 4.69) is 36.0 Å². The Bertz CT molecular complexity index is 801. The molecule has 0 radical (unpaired) electrons. The van der Waals surface area contributed by atoms with E-state index in [1.807, 2.05) is 38.4 Å². The van der Waals surface area contributed by atoms with Crippen molar-refractivity contribution in [3.05, 3.63) is 65.7 Å². The molecular weight excluding hydrogens is 392 g/mol. The predicted octanol–water partition coefficient (Wildman–Crippen LogP) is 3.03. The normalized spacial score (nSPS) is 17.3. The van der Waals surface area contributed by atoms with Gasteiger partial charge in [-0.15, -0.1) is 5.70 Å². The van der Waals surface area contributed by atoms with Crippen LogP contribution in [0.3, 0.4) is 0 Å². The molecule has 0 bridgehead atoms. The van der Waals surface area contributed by atoms with Crippen LogP contribution in [0.2, 0.25) is 0 Å². The number of rotatable bonds is 8. The fourth-order valence-electron chi connectivity index (χ4n) is 2.65. The Morgan fingerprint density at radius 3 is 2.26 bits per heavy atom. The third-order valence-electron chi connectivity index (χ3n) is 4.18. The fourth-order valence-corrected chi connectivity index (χ4v) is 2.65. The van der Waals surface area contributed by atoms with Crippen LogP contribution in [0.5, 0.6) is 0 Å². The Balaban J connectivity index is 0.00000261. The van der Waals surface area contributed by atoms with Gasteiger partial charge in [0.2, 0.25) is 0 Å². The van der Waals surface area contributed by atoms with Gasteiger partial charge in [0.25, 0.3) is 0 Å².